The zero-order valence-electron chi connectivity index (χ0n) is 21.3. The quantitative estimate of drug-likeness (QED) is 0.166. The average molecular weight is 633 g/mol. The number of allylic oxidation sites excluding steroid dienone is 1. The summed E-state index contributed by atoms with van der Waals surface area (Å²) in [5.74, 6) is -0.401. The number of quaternary nitrogens is 1. The van der Waals surface area contributed by atoms with Gasteiger partial charge in [0.05, 0.1) is 20.3 Å². The number of rotatable bonds is 12. The number of ether oxygens (including phenoxy) is 3. The Kier molecular flexibility index (Phi) is 12.6. The zero-order valence-corrected chi connectivity index (χ0v) is 24.4. The molecule has 10 heteroatoms. The number of carbonyl (C=O) groups is 3. The van der Waals surface area contributed by atoms with Crippen LogP contribution < -0.4 is 5.32 Å². The van der Waals surface area contributed by atoms with Crippen molar-refractivity contribution in [2.75, 3.05) is 20.3 Å². The summed E-state index contributed by atoms with van der Waals surface area (Å²) in [6, 6.07) is 4.61. The van der Waals surface area contributed by atoms with Crippen molar-refractivity contribution in [1.82, 2.24) is 5.32 Å². The van der Waals surface area contributed by atoms with E-state index in [4.69, 9.17) is 14.2 Å². The lowest BCUT2D eigenvalue weighted by atomic mass is 10.1. The predicted molar refractivity (Wildman–Crippen MR) is 144 cm³/mol. The molecule has 0 bridgehead atoms. The van der Waals surface area contributed by atoms with E-state index in [9.17, 15) is 14.4 Å². The van der Waals surface area contributed by atoms with Gasteiger partial charge in [-0.05, 0) is 49.9 Å². The second-order valence-corrected chi connectivity index (χ2v) is 10.9. The molecule has 200 valence electrons. The Hall–Kier alpha value is -1.75. The first-order valence-electron chi connectivity index (χ1n) is 12.3. The van der Waals surface area contributed by atoms with E-state index >= 15 is 0 Å². The Morgan fingerprint density at radius 3 is 2.53 bits per heavy atom. The Morgan fingerprint density at radius 1 is 1.22 bits per heavy atom. The van der Waals surface area contributed by atoms with E-state index in [2.05, 4.69) is 43.8 Å². The Balaban J connectivity index is 2.19. The van der Waals surface area contributed by atoms with Gasteiger partial charge in [-0.3, -0.25) is 0 Å². The molecule has 2 rings (SSSR count). The molecule has 8 nitrogen and oxygen atoms in total. The van der Waals surface area contributed by atoms with Crippen LogP contribution in [-0.4, -0.2) is 61.0 Å². The molecular weight excluding hydrogens is 596 g/mol. The maximum Gasteiger partial charge on any atom is 0.523 e. The molecule has 3 amide bonds. The van der Waals surface area contributed by atoms with E-state index in [0.29, 0.717) is 32.3 Å². The second kappa shape index (κ2) is 14.9. The number of nitrogens with one attached hydrogen (secondary N) is 1. The van der Waals surface area contributed by atoms with Crippen LogP contribution in [0.1, 0.15) is 57.9 Å². The van der Waals surface area contributed by atoms with Crippen LogP contribution in [0.4, 0.5) is 9.59 Å². The van der Waals surface area contributed by atoms with E-state index in [1.165, 1.54) is 7.11 Å². The summed E-state index contributed by atoms with van der Waals surface area (Å²) >= 11 is 6.95. The molecule has 0 saturated carbocycles. The summed E-state index contributed by atoms with van der Waals surface area (Å²) in [7, 11) is 1.28. The van der Waals surface area contributed by atoms with Crippen LogP contribution in [0.2, 0.25) is 0 Å². The van der Waals surface area contributed by atoms with Gasteiger partial charge in [0.25, 0.3) is 0 Å². The minimum atomic E-state index is -0.877. The monoisotopic (exact) mass is 631 g/mol. The molecule has 4 atom stereocenters. The van der Waals surface area contributed by atoms with Gasteiger partial charge in [0, 0.05) is 15.4 Å². The predicted octanol–water partition coefficient (Wildman–Crippen LogP) is 6.25. The first-order chi connectivity index (χ1) is 17.2. The maximum atomic E-state index is 13.9. The summed E-state index contributed by atoms with van der Waals surface area (Å²) in [5.41, 5.74) is 0.958. The van der Waals surface area contributed by atoms with Crippen LogP contribution in [0.5, 0.6) is 0 Å². The largest absolute Gasteiger partial charge is 0.523 e. The third-order valence-corrected chi connectivity index (χ3v) is 7.29. The summed E-state index contributed by atoms with van der Waals surface area (Å²) in [6.07, 6.45) is 3.92. The van der Waals surface area contributed by atoms with Crippen LogP contribution in [0.25, 0.3) is 0 Å². The maximum absolute atomic E-state index is 13.9. The Bertz CT molecular complexity index is 907. The number of benzene rings is 1. The minimum Gasteiger partial charge on any atom is -0.450 e. The van der Waals surface area contributed by atoms with Gasteiger partial charge < -0.3 is 19.5 Å². The molecule has 36 heavy (non-hydrogen) atoms. The summed E-state index contributed by atoms with van der Waals surface area (Å²) < 4.78 is 17.8. The van der Waals surface area contributed by atoms with Gasteiger partial charge in [-0.25, -0.2) is 9.59 Å². The van der Waals surface area contributed by atoms with Gasteiger partial charge in [0.1, 0.15) is 24.7 Å². The van der Waals surface area contributed by atoms with Gasteiger partial charge in [0.15, 0.2) is 0 Å². The van der Waals surface area contributed by atoms with E-state index < -0.39 is 28.6 Å². The van der Waals surface area contributed by atoms with Crippen molar-refractivity contribution in [3.63, 3.8) is 0 Å². The zero-order chi connectivity index (χ0) is 26.7. The number of amides is 3. The van der Waals surface area contributed by atoms with Crippen molar-refractivity contribution >= 4 is 50.0 Å². The summed E-state index contributed by atoms with van der Waals surface area (Å²) in [6.45, 7) is 8.19. The molecular formula is C26H37Br2N2O6+. The number of halogens is 2. The molecule has 1 aliphatic rings. The second-order valence-electron chi connectivity index (χ2n) is 9.06. The highest BCUT2D eigenvalue weighted by Gasteiger charge is 2.59. The SMILES string of the molecule is C=CCCCOC(=O)NC(CCCC)C(=O)[N+]1(C(=O)OC)C[C@H](OCc2cc(Br)cc(Br)c2)CC1C. The lowest BCUT2D eigenvalue weighted by molar-refractivity contribution is -0.795. The molecule has 0 spiro atoms. The van der Waals surface area contributed by atoms with Crippen LogP contribution >= 0.6 is 31.9 Å². The fourth-order valence-electron chi connectivity index (χ4n) is 4.50. The van der Waals surface area contributed by atoms with Gasteiger partial charge in [0.2, 0.25) is 0 Å². The molecule has 1 heterocycles. The van der Waals surface area contributed by atoms with Crippen molar-refractivity contribution in [3.8, 4) is 0 Å². The molecule has 1 fully saturated rings. The number of imide groups is 1. The first-order valence-corrected chi connectivity index (χ1v) is 13.9. The normalized spacial score (nSPS) is 22.0. The fourth-order valence-corrected chi connectivity index (χ4v) is 5.89. The van der Waals surface area contributed by atoms with Crippen LogP contribution in [0, 0.1) is 0 Å². The minimum absolute atomic E-state index is 0.139. The van der Waals surface area contributed by atoms with Gasteiger partial charge in [-0.1, -0.05) is 57.7 Å². The Labute approximate surface area is 230 Å². The van der Waals surface area contributed by atoms with Gasteiger partial charge in [-0.2, -0.15) is 9.28 Å². The van der Waals surface area contributed by atoms with Crippen LogP contribution in [-0.2, 0) is 25.6 Å². The highest BCUT2D eigenvalue weighted by Crippen LogP contribution is 2.33. The molecule has 1 N–H and O–H groups in total. The van der Waals surface area contributed by atoms with Crippen molar-refractivity contribution in [2.24, 2.45) is 0 Å². The molecule has 0 radical (unpaired) electrons. The van der Waals surface area contributed by atoms with Crippen LogP contribution in [0.3, 0.4) is 0 Å². The molecule has 0 aliphatic carbocycles. The number of hydrogen-bond acceptors (Lipinski definition) is 6. The van der Waals surface area contributed by atoms with Gasteiger partial charge >= 0.3 is 18.1 Å². The molecule has 0 aromatic heterocycles. The number of alkyl carbamates (subject to hydrolysis) is 1. The van der Waals surface area contributed by atoms with Crippen molar-refractivity contribution < 1.29 is 33.1 Å². The molecule has 1 saturated heterocycles. The number of unbranched alkanes of at least 4 members (excludes halogenated alkanes) is 2. The number of carbonyl (C=O) groups excluding carboxylic acids is 3. The van der Waals surface area contributed by atoms with Crippen LogP contribution in [0.15, 0.2) is 39.8 Å². The number of nitrogens with zero attached hydrogens (tertiary/aromatic N) is 1. The highest BCUT2D eigenvalue weighted by molar-refractivity contribution is 9.11. The summed E-state index contributed by atoms with van der Waals surface area (Å²) in [5, 5.41) is 2.70. The number of hydrogen-bond donors (Lipinski definition) is 1. The standard InChI is InChI=1S/C26H36Br2N2O6/c1-5-7-9-11-35-25(32)29-23(10-8-6-2)24(31)30(26(33)34-4)16-22(12-18(30)3)36-17-19-13-20(27)15-21(28)14-19/h5,13-15,18,22-23H,1,6-12,16-17H2,2-4H3/p+1/t18?,22-,23?,30?/m1/s1. The third-order valence-electron chi connectivity index (χ3n) is 6.37. The van der Waals surface area contributed by atoms with Crippen molar-refractivity contribution in [2.45, 2.75) is 77.2 Å². The average Bonchev–Trinajstić information content (AvgIpc) is 3.18. The van der Waals surface area contributed by atoms with Crippen molar-refractivity contribution in [1.29, 1.82) is 0 Å². The van der Waals surface area contributed by atoms with Gasteiger partial charge in [-0.15, -0.1) is 6.58 Å². The van der Waals surface area contributed by atoms with E-state index in [-0.39, 0.29) is 25.3 Å². The highest BCUT2D eigenvalue weighted by atomic mass is 79.9. The smallest absolute Gasteiger partial charge is 0.450 e. The number of likely N-dealkylation sites (tertiary alicyclic amines) is 1. The topological polar surface area (TPSA) is 90.9 Å². The lowest BCUT2D eigenvalue weighted by Gasteiger charge is -2.34. The fraction of sp³-hybridized carbons (Fsp3) is 0.577. The number of methoxy groups -OCH3 is 1. The summed E-state index contributed by atoms with van der Waals surface area (Å²) in [4.78, 5) is 39.5. The Morgan fingerprint density at radius 2 is 1.92 bits per heavy atom. The van der Waals surface area contributed by atoms with E-state index in [1.54, 1.807) is 6.08 Å². The van der Waals surface area contributed by atoms with E-state index in [0.717, 1.165) is 27.4 Å². The lowest BCUT2D eigenvalue weighted by Crippen LogP contribution is -2.65. The first kappa shape index (κ1) is 30.5. The molecule has 1 aromatic rings. The third kappa shape index (κ3) is 8.13. The molecule has 1 aromatic carbocycles. The molecule has 3 unspecified atom stereocenters. The van der Waals surface area contributed by atoms with E-state index in [1.807, 2.05) is 32.0 Å². The van der Waals surface area contributed by atoms with Crippen molar-refractivity contribution in [3.05, 3.63) is 45.4 Å². The molecule has 1 aliphatic heterocycles.